The Hall–Kier alpha value is -2.95. The first kappa shape index (κ1) is 19.0. The number of nitrogens with one attached hydrogen (secondary N) is 2. The molecule has 1 aliphatic heterocycles. The van der Waals surface area contributed by atoms with Crippen LogP contribution in [0.1, 0.15) is 57.7 Å². The molecule has 1 aliphatic carbocycles. The zero-order valence-corrected chi connectivity index (χ0v) is 17.8. The molecule has 156 valence electrons. The monoisotopic (exact) mass is 404 g/mol. The number of ether oxygens (including phenoxy) is 2. The number of benzene rings is 2. The largest absolute Gasteiger partial charge is 0.454 e. The van der Waals surface area contributed by atoms with Crippen molar-refractivity contribution in [2.75, 3.05) is 12.1 Å². The number of carbonyl (C=O) groups excluding carboxylic acids is 1. The van der Waals surface area contributed by atoms with Gasteiger partial charge in [-0.3, -0.25) is 4.79 Å². The van der Waals surface area contributed by atoms with Crippen molar-refractivity contribution < 1.29 is 14.3 Å². The number of hydrogen-bond donors (Lipinski definition) is 2. The minimum atomic E-state index is -0.470. The second kappa shape index (κ2) is 6.79. The van der Waals surface area contributed by atoms with Crippen LogP contribution in [0.3, 0.4) is 0 Å². The molecule has 0 unspecified atom stereocenters. The van der Waals surface area contributed by atoms with Gasteiger partial charge in [0.1, 0.15) is 0 Å². The number of aromatic amines is 1. The zero-order chi connectivity index (χ0) is 20.9. The highest BCUT2D eigenvalue weighted by molar-refractivity contribution is 6.02. The summed E-state index contributed by atoms with van der Waals surface area (Å²) in [5, 5.41) is 4.28. The average molecular weight is 405 g/mol. The molecule has 5 heteroatoms. The Morgan fingerprint density at radius 2 is 1.90 bits per heavy atom. The molecule has 2 aliphatic rings. The predicted octanol–water partition coefficient (Wildman–Crippen LogP) is 5.64. The van der Waals surface area contributed by atoms with Crippen LogP contribution < -0.4 is 14.8 Å². The second-order valence-electron chi connectivity index (χ2n) is 9.22. The molecule has 5 rings (SSSR count). The Labute approximate surface area is 176 Å². The van der Waals surface area contributed by atoms with Gasteiger partial charge in [-0.25, -0.2) is 0 Å². The molecule has 0 saturated heterocycles. The molecular formula is C25H28N2O3. The third-order valence-electron chi connectivity index (χ3n) is 6.59. The van der Waals surface area contributed by atoms with E-state index in [1.165, 1.54) is 5.69 Å². The van der Waals surface area contributed by atoms with E-state index in [2.05, 4.69) is 49.3 Å². The molecule has 2 aromatic carbocycles. The maximum Gasteiger partial charge on any atom is 0.235 e. The zero-order valence-electron chi connectivity index (χ0n) is 17.8. The first-order valence-corrected chi connectivity index (χ1v) is 10.8. The van der Waals surface area contributed by atoms with Crippen LogP contribution in [0.4, 0.5) is 5.69 Å². The normalized spacial score (nSPS) is 16.6. The van der Waals surface area contributed by atoms with E-state index in [-0.39, 0.29) is 18.1 Å². The first-order chi connectivity index (χ1) is 14.4. The van der Waals surface area contributed by atoms with Crippen molar-refractivity contribution in [1.82, 2.24) is 4.98 Å². The average Bonchev–Trinajstić information content (AvgIpc) is 3.19. The van der Waals surface area contributed by atoms with Crippen LogP contribution in [0.2, 0.25) is 0 Å². The van der Waals surface area contributed by atoms with Crippen LogP contribution in [0.5, 0.6) is 11.5 Å². The van der Waals surface area contributed by atoms with E-state index in [0.29, 0.717) is 0 Å². The van der Waals surface area contributed by atoms with Crippen molar-refractivity contribution in [2.24, 2.45) is 0 Å². The minimum Gasteiger partial charge on any atom is -0.454 e. The summed E-state index contributed by atoms with van der Waals surface area (Å²) < 4.78 is 10.9. The number of H-pyrrole nitrogens is 1. The molecule has 0 radical (unpaired) electrons. The number of fused-ring (bicyclic) bond motifs is 2. The maximum absolute atomic E-state index is 13.2. The van der Waals surface area contributed by atoms with Gasteiger partial charge in [-0.2, -0.15) is 0 Å². The Bertz CT molecular complexity index is 1120. The molecule has 3 aromatic rings. The SMILES string of the molecule is CCCC(C)(C)c1cc2cc(NC(=O)C3(c4ccc5c(c4)OCO5)CC3)ccc2[nH]1. The van der Waals surface area contributed by atoms with Crippen LogP contribution in [0.25, 0.3) is 10.9 Å². The molecule has 0 spiro atoms. The molecule has 30 heavy (non-hydrogen) atoms. The highest BCUT2D eigenvalue weighted by atomic mass is 16.7. The Balaban J connectivity index is 1.38. The van der Waals surface area contributed by atoms with Crippen molar-refractivity contribution in [3.8, 4) is 11.5 Å². The van der Waals surface area contributed by atoms with Gasteiger partial charge < -0.3 is 19.8 Å². The summed E-state index contributed by atoms with van der Waals surface area (Å²) in [6.07, 6.45) is 3.97. The number of carbonyl (C=O) groups is 1. The van der Waals surface area contributed by atoms with E-state index in [4.69, 9.17) is 9.47 Å². The van der Waals surface area contributed by atoms with E-state index < -0.39 is 5.41 Å². The van der Waals surface area contributed by atoms with Gasteiger partial charge in [0.2, 0.25) is 12.7 Å². The van der Waals surface area contributed by atoms with Gasteiger partial charge in [0.05, 0.1) is 5.41 Å². The smallest absolute Gasteiger partial charge is 0.235 e. The summed E-state index contributed by atoms with van der Waals surface area (Å²) in [6.45, 7) is 7.00. The third kappa shape index (κ3) is 3.13. The van der Waals surface area contributed by atoms with Gasteiger partial charge >= 0.3 is 0 Å². The van der Waals surface area contributed by atoms with E-state index in [1.807, 2.05) is 24.3 Å². The predicted molar refractivity (Wildman–Crippen MR) is 118 cm³/mol. The van der Waals surface area contributed by atoms with E-state index in [0.717, 1.165) is 59.3 Å². The highest BCUT2D eigenvalue weighted by Gasteiger charge is 2.51. The maximum atomic E-state index is 13.2. The van der Waals surface area contributed by atoms with Crippen LogP contribution in [0, 0.1) is 0 Å². The molecule has 2 heterocycles. The van der Waals surface area contributed by atoms with Gasteiger partial charge in [0, 0.05) is 27.7 Å². The molecule has 1 saturated carbocycles. The van der Waals surface area contributed by atoms with Crippen molar-refractivity contribution in [3.05, 3.63) is 53.7 Å². The fourth-order valence-electron chi connectivity index (χ4n) is 4.55. The summed E-state index contributed by atoms with van der Waals surface area (Å²) in [5.41, 5.74) is 3.80. The molecular weight excluding hydrogens is 376 g/mol. The molecule has 1 amide bonds. The second-order valence-corrected chi connectivity index (χ2v) is 9.22. The lowest BCUT2D eigenvalue weighted by Crippen LogP contribution is -2.27. The quantitative estimate of drug-likeness (QED) is 0.558. The number of anilines is 1. The fourth-order valence-corrected chi connectivity index (χ4v) is 4.55. The fraction of sp³-hybridized carbons (Fsp3) is 0.400. The molecule has 2 N–H and O–H groups in total. The van der Waals surface area contributed by atoms with E-state index >= 15 is 0 Å². The number of hydrogen-bond acceptors (Lipinski definition) is 3. The Morgan fingerprint density at radius 1 is 1.10 bits per heavy atom. The lowest BCUT2D eigenvalue weighted by molar-refractivity contribution is -0.118. The first-order valence-electron chi connectivity index (χ1n) is 10.8. The van der Waals surface area contributed by atoms with Crippen molar-refractivity contribution in [3.63, 3.8) is 0 Å². The van der Waals surface area contributed by atoms with E-state index in [1.54, 1.807) is 0 Å². The van der Waals surface area contributed by atoms with Gasteiger partial charge in [-0.1, -0.05) is 33.3 Å². The van der Waals surface area contributed by atoms with Gasteiger partial charge in [0.25, 0.3) is 0 Å². The van der Waals surface area contributed by atoms with Gasteiger partial charge in [-0.05, 0) is 61.2 Å². The lowest BCUT2D eigenvalue weighted by Gasteiger charge is -2.22. The van der Waals surface area contributed by atoms with Crippen LogP contribution in [-0.4, -0.2) is 17.7 Å². The molecule has 0 bridgehead atoms. The van der Waals surface area contributed by atoms with Gasteiger partial charge in [0.15, 0.2) is 11.5 Å². The van der Waals surface area contributed by atoms with Crippen molar-refractivity contribution in [2.45, 2.75) is 57.3 Å². The molecule has 0 atom stereocenters. The molecule has 1 aromatic heterocycles. The van der Waals surface area contributed by atoms with Crippen molar-refractivity contribution >= 4 is 22.5 Å². The number of amides is 1. The number of rotatable bonds is 6. The van der Waals surface area contributed by atoms with Crippen molar-refractivity contribution in [1.29, 1.82) is 0 Å². The minimum absolute atomic E-state index is 0.0442. The lowest BCUT2D eigenvalue weighted by atomic mass is 9.85. The van der Waals surface area contributed by atoms with Crippen LogP contribution in [0.15, 0.2) is 42.5 Å². The standard InChI is InChI=1S/C25H28N2O3/c1-4-9-24(2,3)22-13-16-12-18(6-7-19(16)27-22)26-23(28)25(10-11-25)17-5-8-20-21(14-17)30-15-29-20/h5-8,12-14,27H,4,9-11,15H2,1-3H3,(H,26,28). The summed E-state index contributed by atoms with van der Waals surface area (Å²) in [7, 11) is 0. The van der Waals surface area contributed by atoms with E-state index in [9.17, 15) is 4.79 Å². The summed E-state index contributed by atoms with van der Waals surface area (Å²) in [5.74, 6) is 1.51. The Morgan fingerprint density at radius 3 is 2.67 bits per heavy atom. The van der Waals surface area contributed by atoms with Crippen LogP contribution >= 0.6 is 0 Å². The molecule has 1 fully saturated rings. The molecule has 5 nitrogen and oxygen atoms in total. The topological polar surface area (TPSA) is 63.4 Å². The summed E-state index contributed by atoms with van der Waals surface area (Å²) in [4.78, 5) is 16.7. The van der Waals surface area contributed by atoms with Crippen LogP contribution in [-0.2, 0) is 15.6 Å². The summed E-state index contributed by atoms with van der Waals surface area (Å²) in [6, 6.07) is 14.1. The number of aromatic nitrogens is 1. The highest BCUT2D eigenvalue weighted by Crippen LogP contribution is 2.51. The van der Waals surface area contributed by atoms with Gasteiger partial charge in [-0.15, -0.1) is 0 Å². The summed E-state index contributed by atoms with van der Waals surface area (Å²) >= 11 is 0. The Kier molecular flexibility index (Phi) is 4.31. The third-order valence-corrected chi connectivity index (χ3v) is 6.59.